The molecule has 1 aromatic heterocycles. The van der Waals surface area contributed by atoms with E-state index in [9.17, 15) is 18.8 Å². The molecule has 0 aliphatic carbocycles. The fourth-order valence-corrected chi connectivity index (χ4v) is 6.97. The number of ether oxygens (including phenoxy) is 1. The van der Waals surface area contributed by atoms with Crippen molar-refractivity contribution >= 4 is 69.3 Å². The molecule has 0 radical (unpaired) electrons. The molecule has 1 heterocycles. The lowest BCUT2D eigenvalue weighted by Gasteiger charge is -2.17. The molecule has 52 heavy (non-hydrogen) atoms. The van der Waals surface area contributed by atoms with Gasteiger partial charge in [0.05, 0.1) is 17.8 Å². The van der Waals surface area contributed by atoms with Gasteiger partial charge >= 0.3 is 0 Å². The number of nitrogens with zero attached hydrogens (tertiary/aromatic N) is 1. The largest absolute Gasteiger partial charge is 0.497 e. The van der Waals surface area contributed by atoms with Gasteiger partial charge in [-0.1, -0.05) is 78.3 Å². The van der Waals surface area contributed by atoms with Crippen LogP contribution in [0.5, 0.6) is 5.75 Å². The maximum absolute atomic E-state index is 14.7. The van der Waals surface area contributed by atoms with Gasteiger partial charge in [-0.3, -0.25) is 14.4 Å². The van der Waals surface area contributed by atoms with Crippen LogP contribution >= 0.6 is 34.7 Å². The Hall–Kier alpha value is -5.75. The molecule has 0 aliphatic heterocycles. The number of nitrogens with one attached hydrogen (secondary N) is 3. The first kappa shape index (κ1) is 36.1. The number of methoxy groups -OCH3 is 1. The fourth-order valence-electron chi connectivity index (χ4n) is 5.00. The van der Waals surface area contributed by atoms with Crippen LogP contribution in [0.2, 0.25) is 5.02 Å². The van der Waals surface area contributed by atoms with Crippen molar-refractivity contribution in [2.24, 2.45) is 0 Å². The van der Waals surface area contributed by atoms with E-state index in [2.05, 4.69) is 20.9 Å². The molecule has 0 spiro atoms. The molecular weight excluding hydrogens is 719 g/mol. The number of carbonyl (C=O) groups excluding carboxylic acids is 3. The van der Waals surface area contributed by atoms with Crippen LogP contribution in [0.3, 0.4) is 0 Å². The predicted molar refractivity (Wildman–Crippen MR) is 206 cm³/mol. The second kappa shape index (κ2) is 17.0. The maximum atomic E-state index is 14.7. The number of benzene rings is 5. The van der Waals surface area contributed by atoms with Crippen LogP contribution in [-0.4, -0.2) is 29.8 Å². The quantitative estimate of drug-likeness (QED) is 0.0850. The molecule has 3 N–H and O–H groups in total. The van der Waals surface area contributed by atoms with Gasteiger partial charge in [-0.15, -0.1) is 23.1 Å². The summed E-state index contributed by atoms with van der Waals surface area (Å²) in [6, 6.07) is 36.3. The SMILES string of the molecule is COc1cccc(-c2csc(NC(=O)C(Sc3ccc(NC(=O)/C(=C/c4c(F)cccc4Cl)NC(=O)c4ccccc4)cc3)c3ccccc3)n2)c1. The monoisotopic (exact) mass is 748 g/mol. The van der Waals surface area contributed by atoms with Gasteiger partial charge in [-0.05, 0) is 72.3 Å². The highest BCUT2D eigenvalue weighted by Crippen LogP contribution is 2.37. The average molecular weight is 749 g/mol. The van der Waals surface area contributed by atoms with Crippen molar-refractivity contribution in [2.75, 3.05) is 17.7 Å². The molecule has 1 unspecified atom stereocenters. The minimum atomic E-state index is -0.692. The lowest BCUT2D eigenvalue weighted by molar-refractivity contribution is -0.116. The van der Waals surface area contributed by atoms with Gasteiger partial charge in [0.1, 0.15) is 22.5 Å². The summed E-state index contributed by atoms with van der Waals surface area (Å²) in [5, 5.41) is 10.1. The van der Waals surface area contributed by atoms with Crippen LogP contribution in [0.25, 0.3) is 17.3 Å². The van der Waals surface area contributed by atoms with Gasteiger partial charge in [0.25, 0.3) is 11.8 Å². The summed E-state index contributed by atoms with van der Waals surface area (Å²) in [7, 11) is 1.60. The van der Waals surface area contributed by atoms with Crippen molar-refractivity contribution in [3.05, 3.63) is 166 Å². The first-order valence-corrected chi connectivity index (χ1v) is 18.0. The Morgan fingerprint density at radius 3 is 2.29 bits per heavy atom. The number of thiazole rings is 1. The Morgan fingerprint density at radius 1 is 0.865 bits per heavy atom. The Balaban J connectivity index is 1.18. The summed E-state index contributed by atoms with van der Waals surface area (Å²) >= 11 is 8.89. The van der Waals surface area contributed by atoms with Crippen molar-refractivity contribution in [1.29, 1.82) is 0 Å². The van der Waals surface area contributed by atoms with Crippen molar-refractivity contribution in [1.82, 2.24) is 10.3 Å². The third-order valence-corrected chi connectivity index (χ3v) is 9.98. The molecule has 3 amide bonds. The first-order valence-electron chi connectivity index (χ1n) is 15.8. The van der Waals surface area contributed by atoms with Gasteiger partial charge in [0.15, 0.2) is 5.13 Å². The number of thioether (sulfide) groups is 1. The van der Waals surface area contributed by atoms with Crippen molar-refractivity contribution in [3.63, 3.8) is 0 Å². The summed E-state index contributed by atoms with van der Waals surface area (Å²) in [6.45, 7) is 0. The Kier molecular flexibility index (Phi) is 11.8. The van der Waals surface area contributed by atoms with Crippen LogP contribution in [0, 0.1) is 5.82 Å². The highest BCUT2D eigenvalue weighted by atomic mass is 35.5. The van der Waals surface area contributed by atoms with Gasteiger partial charge < -0.3 is 20.7 Å². The van der Waals surface area contributed by atoms with Gasteiger partial charge in [0, 0.05) is 32.7 Å². The molecule has 0 saturated heterocycles. The molecule has 260 valence electrons. The summed E-state index contributed by atoms with van der Waals surface area (Å²) in [5.74, 6) is -1.45. The Labute approximate surface area is 312 Å². The van der Waals surface area contributed by atoms with E-state index >= 15 is 0 Å². The molecule has 0 saturated carbocycles. The number of rotatable bonds is 12. The normalized spacial score (nSPS) is 11.7. The third-order valence-electron chi connectivity index (χ3n) is 7.62. The Bertz CT molecular complexity index is 2210. The van der Waals surface area contributed by atoms with E-state index in [1.54, 1.807) is 61.7 Å². The minimum absolute atomic E-state index is 0.0473. The van der Waals surface area contributed by atoms with Crippen LogP contribution < -0.4 is 20.7 Å². The fraction of sp³-hybridized carbons (Fsp3) is 0.0500. The molecule has 0 bridgehead atoms. The van der Waals surface area contributed by atoms with Crippen molar-refractivity contribution in [2.45, 2.75) is 10.1 Å². The number of anilines is 2. The standard InChI is InChI=1S/C40H30ClFN4O4S2/c1-50-29-15-8-14-27(22-29)35-24-51-40(45-35)46-39(49)36(25-10-4-2-5-11-25)52-30-20-18-28(19-21-30)43-38(48)34(23-31-32(41)16-9-17-33(31)42)44-37(47)26-12-6-3-7-13-26/h2-24,36H,1H3,(H,43,48)(H,44,47)(H,45,46,49)/b34-23-. The molecular formula is C40H30ClFN4O4S2. The molecule has 1 atom stereocenters. The van der Waals surface area contributed by atoms with Crippen LogP contribution in [0.4, 0.5) is 15.2 Å². The molecule has 5 aromatic carbocycles. The summed E-state index contributed by atoms with van der Waals surface area (Å²) < 4.78 is 20.0. The topological polar surface area (TPSA) is 109 Å². The number of carbonyl (C=O) groups is 3. The molecule has 0 fully saturated rings. The maximum Gasteiger partial charge on any atom is 0.272 e. The van der Waals surface area contributed by atoms with E-state index < -0.39 is 22.9 Å². The van der Waals surface area contributed by atoms with Gasteiger partial charge in [0.2, 0.25) is 5.91 Å². The molecule has 6 aromatic rings. The summed E-state index contributed by atoms with van der Waals surface area (Å²) in [6.07, 6.45) is 1.20. The van der Waals surface area contributed by atoms with Crippen molar-refractivity contribution in [3.8, 4) is 17.0 Å². The number of hydrogen-bond acceptors (Lipinski definition) is 7. The molecule has 0 aliphatic rings. The lowest BCUT2D eigenvalue weighted by atomic mass is 10.1. The summed E-state index contributed by atoms with van der Waals surface area (Å²) in [5.41, 5.74) is 2.84. The first-order chi connectivity index (χ1) is 25.3. The van der Waals surface area contributed by atoms with Crippen LogP contribution in [0.1, 0.15) is 26.7 Å². The molecule has 8 nitrogen and oxygen atoms in total. The minimum Gasteiger partial charge on any atom is -0.497 e. The van der Waals surface area contributed by atoms with Crippen LogP contribution in [-0.2, 0) is 9.59 Å². The predicted octanol–water partition coefficient (Wildman–Crippen LogP) is 9.49. The smallest absolute Gasteiger partial charge is 0.272 e. The number of aromatic nitrogens is 1. The van der Waals surface area contributed by atoms with E-state index in [0.29, 0.717) is 22.1 Å². The third kappa shape index (κ3) is 9.12. The molecule has 12 heteroatoms. The van der Waals surface area contributed by atoms with E-state index in [1.807, 2.05) is 60.0 Å². The zero-order chi connectivity index (χ0) is 36.5. The number of hydrogen-bond donors (Lipinski definition) is 3. The highest BCUT2D eigenvalue weighted by Gasteiger charge is 2.24. The average Bonchev–Trinajstić information content (AvgIpc) is 3.64. The molecule has 6 rings (SSSR count). The number of amides is 3. The zero-order valence-corrected chi connectivity index (χ0v) is 29.9. The van der Waals surface area contributed by atoms with E-state index in [4.69, 9.17) is 16.3 Å². The van der Waals surface area contributed by atoms with Gasteiger partial charge in [-0.2, -0.15) is 0 Å². The van der Waals surface area contributed by atoms with Gasteiger partial charge in [-0.25, -0.2) is 9.37 Å². The zero-order valence-electron chi connectivity index (χ0n) is 27.5. The second-order valence-electron chi connectivity index (χ2n) is 11.2. The van der Waals surface area contributed by atoms with E-state index in [0.717, 1.165) is 21.7 Å². The van der Waals surface area contributed by atoms with E-state index in [-0.39, 0.29) is 22.2 Å². The summed E-state index contributed by atoms with van der Waals surface area (Å²) in [4.78, 5) is 45.6. The van der Waals surface area contributed by atoms with Crippen LogP contribution in [0.15, 0.2) is 143 Å². The number of halogens is 2. The van der Waals surface area contributed by atoms with Crippen molar-refractivity contribution < 1.29 is 23.5 Å². The second-order valence-corrected chi connectivity index (χ2v) is 13.6. The highest BCUT2D eigenvalue weighted by molar-refractivity contribution is 8.00. The van der Waals surface area contributed by atoms with E-state index in [1.165, 1.54) is 47.4 Å². The Morgan fingerprint density at radius 2 is 1.58 bits per heavy atom. The lowest BCUT2D eigenvalue weighted by Crippen LogP contribution is -2.30.